The lowest BCUT2D eigenvalue weighted by molar-refractivity contribution is -0.134. The van der Waals surface area contributed by atoms with Gasteiger partial charge < -0.3 is 25.3 Å². The minimum Gasteiger partial charge on any atom is -0.478 e. The molecule has 1 aliphatic heterocycles. The zero-order valence-electron chi connectivity index (χ0n) is 18.9. The minimum atomic E-state index is -1.26. The van der Waals surface area contributed by atoms with Gasteiger partial charge in [0, 0.05) is 44.0 Å². The number of hydrogen-bond donors (Lipinski definition) is 3. The fourth-order valence-electron chi connectivity index (χ4n) is 4.02. The molecule has 1 aromatic rings. The fourth-order valence-corrected chi connectivity index (χ4v) is 4.02. The van der Waals surface area contributed by atoms with E-state index in [4.69, 9.17) is 20.7 Å². The van der Waals surface area contributed by atoms with Gasteiger partial charge in [-0.05, 0) is 44.2 Å². The maximum atomic E-state index is 12.3. The van der Waals surface area contributed by atoms with E-state index in [0.717, 1.165) is 37.9 Å². The zero-order valence-corrected chi connectivity index (χ0v) is 18.9. The molecule has 0 bridgehead atoms. The van der Waals surface area contributed by atoms with Crippen molar-refractivity contribution in [2.45, 2.75) is 50.2 Å². The molecule has 1 saturated carbocycles. The molecule has 3 rings (SSSR count). The van der Waals surface area contributed by atoms with Gasteiger partial charge in [0.15, 0.2) is 0 Å². The molecule has 11 nitrogen and oxygen atoms in total. The van der Waals surface area contributed by atoms with Gasteiger partial charge in [-0.3, -0.25) is 4.79 Å². The summed E-state index contributed by atoms with van der Waals surface area (Å²) in [7, 11) is 2.02. The van der Waals surface area contributed by atoms with E-state index >= 15 is 0 Å². The topological polar surface area (TPSA) is 171 Å². The van der Waals surface area contributed by atoms with Gasteiger partial charge >= 0.3 is 11.9 Å². The fraction of sp³-hybridized carbons (Fsp3) is 0.478. The first-order valence-electron chi connectivity index (χ1n) is 10.9. The van der Waals surface area contributed by atoms with Crippen molar-refractivity contribution in [3.05, 3.63) is 36.0 Å². The van der Waals surface area contributed by atoms with Gasteiger partial charge in [-0.15, -0.1) is 0 Å². The third-order valence-corrected chi connectivity index (χ3v) is 5.82. The number of carboxylic acid groups (broad SMARTS) is 2. The number of nitrogens with one attached hydrogen (secondary N) is 1. The van der Waals surface area contributed by atoms with Gasteiger partial charge in [-0.1, -0.05) is 0 Å². The molecular weight excluding hydrogens is 440 g/mol. The Bertz CT molecular complexity index is 965. The van der Waals surface area contributed by atoms with E-state index in [-0.39, 0.29) is 11.9 Å². The van der Waals surface area contributed by atoms with Crippen molar-refractivity contribution in [3.8, 4) is 12.1 Å². The second kappa shape index (κ2) is 12.9. The Morgan fingerprint density at radius 2 is 1.91 bits per heavy atom. The van der Waals surface area contributed by atoms with Crippen LogP contribution in [0.1, 0.15) is 37.7 Å². The first-order chi connectivity index (χ1) is 16.2. The van der Waals surface area contributed by atoms with E-state index in [1.54, 1.807) is 17.2 Å². The van der Waals surface area contributed by atoms with Crippen LogP contribution in [0.15, 0.2) is 30.5 Å². The lowest BCUT2D eigenvalue weighted by Crippen LogP contribution is -2.43. The van der Waals surface area contributed by atoms with Crippen LogP contribution >= 0.6 is 0 Å². The van der Waals surface area contributed by atoms with Crippen LogP contribution in [-0.4, -0.2) is 76.2 Å². The lowest BCUT2D eigenvalue weighted by atomic mass is 10.2. The number of carboxylic acids is 2. The molecule has 3 N–H and O–H groups in total. The number of nitriles is 2. The Balaban J connectivity index is 0.000000440. The number of pyridine rings is 1. The highest BCUT2D eigenvalue weighted by molar-refractivity contribution is 5.89. The quantitative estimate of drug-likeness (QED) is 0.493. The van der Waals surface area contributed by atoms with Gasteiger partial charge in [-0.25, -0.2) is 14.6 Å². The SMILES string of the molecule is CN(c1ccc(C#N)cn1)C1CCC(NCC(=O)N2CCC[C@H]2C#N)C1.O=C(O)/C=C\C(=O)O. The average molecular weight is 469 g/mol. The van der Waals surface area contributed by atoms with Crippen molar-refractivity contribution in [1.82, 2.24) is 15.2 Å². The summed E-state index contributed by atoms with van der Waals surface area (Å²) in [5.74, 6) is -1.63. The van der Waals surface area contributed by atoms with Crippen LogP contribution in [0, 0.1) is 22.7 Å². The predicted octanol–water partition coefficient (Wildman–Crippen LogP) is 1.13. The molecule has 0 spiro atoms. The van der Waals surface area contributed by atoms with Gasteiger partial charge in [-0.2, -0.15) is 10.5 Å². The molecule has 1 aromatic heterocycles. The first-order valence-corrected chi connectivity index (χ1v) is 10.9. The molecule has 2 fully saturated rings. The molecule has 180 valence electrons. The van der Waals surface area contributed by atoms with Crippen LogP contribution < -0.4 is 10.2 Å². The van der Waals surface area contributed by atoms with Gasteiger partial charge in [0.2, 0.25) is 5.91 Å². The Labute approximate surface area is 197 Å². The number of aromatic nitrogens is 1. The number of aliphatic carboxylic acids is 2. The van der Waals surface area contributed by atoms with Crippen LogP contribution in [-0.2, 0) is 14.4 Å². The highest BCUT2D eigenvalue weighted by Crippen LogP contribution is 2.26. The number of carbonyl (C=O) groups excluding carboxylic acids is 1. The van der Waals surface area contributed by atoms with Crippen molar-refractivity contribution < 1.29 is 24.6 Å². The second-order valence-electron chi connectivity index (χ2n) is 8.06. The molecule has 1 amide bonds. The molecule has 1 saturated heterocycles. The summed E-state index contributed by atoms with van der Waals surface area (Å²) in [4.78, 5) is 39.6. The molecule has 11 heteroatoms. The van der Waals surface area contributed by atoms with E-state index in [1.165, 1.54) is 0 Å². The molecule has 0 aromatic carbocycles. The van der Waals surface area contributed by atoms with Crippen LogP contribution in [0.25, 0.3) is 0 Å². The van der Waals surface area contributed by atoms with E-state index in [1.807, 2.05) is 13.1 Å². The number of amides is 1. The lowest BCUT2D eigenvalue weighted by Gasteiger charge is -2.26. The average Bonchev–Trinajstić information content (AvgIpc) is 3.51. The third kappa shape index (κ3) is 7.87. The predicted molar refractivity (Wildman–Crippen MR) is 122 cm³/mol. The number of rotatable bonds is 7. The van der Waals surface area contributed by atoms with Crippen molar-refractivity contribution in [3.63, 3.8) is 0 Å². The van der Waals surface area contributed by atoms with Crippen molar-refractivity contribution in [2.75, 3.05) is 25.0 Å². The maximum Gasteiger partial charge on any atom is 0.328 e. The summed E-state index contributed by atoms with van der Waals surface area (Å²) in [5, 5.41) is 37.0. The number of anilines is 1. The maximum absolute atomic E-state index is 12.3. The molecule has 34 heavy (non-hydrogen) atoms. The summed E-state index contributed by atoms with van der Waals surface area (Å²) >= 11 is 0. The molecular formula is C23H28N6O5. The Morgan fingerprint density at radius 3 is 2.47 bits per heavy atom. The van der Waals surface area contributed by atoms with Gasteiger partial charge in [0.25, 0.3) is 0 Å². The Hall–Kier alpha value is -3.96. The Kier molecular flexibility index (Phi) is 9.99. The monoisotopic (exact) mass is 468 g/mol. The standard InChI is InChI=1S/C19H24N6O.C4H4O4/c1-24(18-7-4-14(10-20)12-23-18)16-6-5-15(9-16)22-13-19(26)25-8-2-3-17(25)11-21;5-3(6)1-2-4(7)8/h4,7,12,15-17,22H,2-3,5-6,8-9,13H2,1H3;1-2H,(H,5,6)(H,7,8)/b;2-1-/t15?,16?,17-;/m0./s1. The summed E-state index contributed by atoms with van der Waals surface area (Å²) in [6, 6.07) is 8.36. The van der Waals surface area contributed by atoms with Crippen molar-refractivity contribution in [2.24, 2.45) is 0 Å². The van der Waals surface area contributed by atoms with Crippen LogP contribution in [0.4, 0.5) is 5.82 Å². The molecule has 2 heterocycles. The second-order valence-corrected chi connectivity index (χ2v) is 8.06. The molecule has 3 atom stereocenters. The van der Waals surface area contributed by atoms with E-state index in [9.17, 15) is 14.4 Å². The molecule has 2 aliphatic rings. The first kappa shape index (κ1) is 26.3. The zero-order chi connectivity index (χ0) is 25.1. The number of hydrogen-bond acceptors (Lipinski definition) is 8. The summed E-state index contributed by atoms with van der Waals surface area (Å²) in [6.07, 6.45) is 7.41. The minimum absolute atomic E-state index is 0.0274. The summed E-state index contributed by atoms with van der Waals surface area (Å²) in [5.41, 5.74) is 0.559. The summed E-state index contributed by atoms with van der Waals surface area (Å²) < 4.78 is 0. The smallest absolute Gasteiger partial charge is 0.328 e. The van der Waals surface area contributed by atoms with Crippen LogP contribution in [0.2, 0.25) is 0 Å². The third-order valence-electron chi connectivity index (χ3n) is 5.82. The molecule has 2 unspecified atom stereocenters. The van der Waals surface area contributed by atoms with Crippen LogP contribution in [0.5, 0.6) is 0 Å². The Morgan fingerprint density at radius 1 is 1.21 bits per heavy atom. The number of carbonyl (C=O) groups is 3. The molecule has 0 radical (unpaired) electrons. The van der Waals surface area contributed by atoms with E-state index in [2.05, 4.69) is 27.3 Å². The van der Waals surface area contributed by atoms with Crippen molar-refractivity contribution >= 4 is 23.7 Å². The van der Waals surface area contributed by atoms with Crippen LogP contribution in [0.3, 0.4) is 0 Å². The van der Waals surface area contributed by atoms with Crippen molar-refractivity contribution in [1.29, 1.82) is 10.5 Å². The van der Waals surface area contributed by atoms with Gasteiger partial charge in [0.1, 0.15) is 17.9 Å². The molecule has 1 aliphatic carbocycles. The largest absolute Gasteiger partial charge is 0.478 e. The summed E-state index contributed by atoms with van der Waals surface area (Å²) in [6.45, 7) is 0.994. The highest BCUT2D eigenvalue weighted by Gasteiger charge is 2.31. The number of nitrogens with zero attached hydrogens (tertiary/aromatic N) is 5. The highest BCUT2D eigenvalue weighted by atomic mass is 16.4. The number of likely N-dealkylation sites (tertiary alicyclic amines) is 1. The van der Waals surface area contributed by atoms with E-state index < -0.39 is 11.9 Å². The normalized spacial score (nSPS) is 21.3. The van der Waals surface area contributed by atoms with Gasteiger partial charge in [0.05, 0.1) is 18.2 Å². The van der Waals surface area contributed by atoms with E-state index in [0.29, 0.717) is 42.9 Å².